The van der Waals surface area contributed by atoms with Gasteiger partial charge in [-0.1, -0.05) is 6.07 Å². The molecule has 3 heterocycles. The van der Waals surface area contributed by atoms with Crippen molar-refractivity contribution in [1.82, 2.24) is 15.0 Å². The largest absolute Gasteiger partial charge is 0.382 e. The molecule has 2 aromatic rings. The average molecular weight is 285 g/mol. The molecule has 1 aliphatic heterocycles. The van der Waals surface area contributed by atoms with Crippen LogP contribution >= 0.6 is 0 Å². The molecular formula is C15H19N5O. The second-order valence-electron chi connectivity index (χ2n) is 5.12. The molecule has 0 unspecified atom stereocenters. The lowest BCUT2D eigenvalue weighted by Crippen LogP contribution is -2.37. The van der Waals surface area contributed by atoms with Crippen LogP contribution in [0.2, 0.25) is 0 Å². The molecule has 1 saturated heterocycles. The maximum absolute atomic E-state index is 5.93. The standard InChI is InChI=1S/C15H19N5O/c16-14-9-17-10-15(19-14)20-7-4-13(5-8-20)21-11-12-3-1-2-6-18-12/h1-3,6,9-10,13H,4-5,7-8,11H2,(H2,16,19). The van der Waals surface area contributed by atoms with Gasteiger partial charge in [0, 0.05) is 19.3 Å². The first-order valence-corrected chi connectivity index (χ1v) is 7.15. The normalized spacial score (nSPS) is 16.1. The zero-order chi connectivity index (χ0) is 14.5. The molecule has 2 N–H and O–H groups in total. The van der Waals surface area contributed by atoms with Crippen molar-refractivity contribution in [3.8, 4) is 0 Å². The molecule has 6 nitrogen and oxygen atoms in total. The minimum absolute atomic E-state index is 0.275. The van der Waals surface area contributed by atoms with Gasteiger partial charge in [-0.25, -0.2) is 4.98 Å². The molecule has 0 spiro atoms. The van der Waals surface area contributed by atoms with E-state index < -0.39 is 0 Å². The van der Waals surface area contributed by atoms with Crippen LogP contribution in [0, 0.1) is 0 Å². The highest BCUT2D eigenvalue weighted by Gasteiger charge is 2.21. The molecule has 0 radical (unpaired) electrons. The van der Waals surface area contributed by atoms with Gasteiger partial charge in [-0.2, -0.15) is 0 Å². The van der Waals surface area contributed by atoms with E-state index in [1.165, 1.54) is 0 Å². The van der Waals surface area contributed by atoms with Crippen LogP contribution in [0.3, 0.4) is 0 Å². The third-order valence-electron chi connectivity index (χ3n) is 3.60. The van der Waals surface area contributed by atoms with Gasteiger partial charge in [0.1, 0.15) is 11.6 Å². The summed E-state index contributed by atoms with van der Waals surface area (Å²) < 4.78 is 5.93. The van der Waals surface area contributed by atoms with E-state index in [0.717, 1.165) is 37.4 Å². The number of hydrogen-bond donors (Lipinski definition) is 1. The second-order valence-corrected chi connectivity index (χ2v) is 5.12. The van der Waals surface area contributed by atoms with Crippen molar-refractivity contribution in [3.63, 3.8) is 0 Å². The molecule has 1 aliphatic rings. The Bertz CT molecular complexity index is 569. The van der Waals surface area contributed by atoms with Crippen LogP contribution in [0.1, 0.15) is 18.5 Å². The third kappa shape index (κ3) is 3.66. The SMILES string of the molecule is Nc1cncc(N2CCC(OCc3ccccn3)CC2)n1. The number of rotatable bonds is 4. The Kier molecular flexibility index (Phi) is 4.25. The predicted octanol–water partition coefficient (Wildman–Crippen LogP) is 1.64. The summed E-state index contributed by atoms with van der Waals surface area (Å²) in [6, 6.07) is 5.87. The molecule has 6 heteroatoms. The van der Waals surface area contributed by atoms with Gasteiger partial charge < -0.3 is 15.4 Å². The van der Waals surface area contributed by atoms with Gasteiger partial charge in [-0.15, -0.1) is 0 Å². The molecule has 2 aromatic heterocycles. The van der Waals surface area contributed by atoms with E-state index in [1.807, 2.05) is 18.2 Å². The summed E-state index contributed by atoms with van der Waals surface area (Å²) in [5.41, 5.74) is 6.65. The number of nitrogen functional groups attached to an aromatic ring is 1. The van der Waals surface area contributed by atoms with Crippen LogP contribution in [0.15, 0.2) is 36.8 Å². The molecule has 0 amide bonds. The molecule has 0 bridgehead atoms. The number of ether oxygens (including phenoxy) is 1. The van der Waals surface area contributed by atoms with Gasteiger partial charge in [0.15, 0.2) is 0 Å². The Hall–Kier alpha value is -2.21. The summed E-state index contributed by atoms with van der Waals surface area (Å²) in [5.74, 6) is 1.30. The van der Waals surface area contributed by atoms with E-state index >= 15 is 0 Å². The zero-order valence-electron chi connectivity index (χ0n) is 11.9. The maximum Gasteiger partial charge on any atom is 0.149 e. The van der Waals surface area contributed by atoms with Gasteiger partial charge in [0.25, 0.3) is 0 Å². The molecule has 110 valence electrons. The van der Waals surface area contributed by atoms with Crippen LogP contribution in [-0.2, 0) is 11.3 Å². The van der Waals surface area contributed by atoms with E-state index in [9.17, 15) is 0 Å². The van der Waals surface area contributed by atoms with Crippen LogP contribution in [0.4, 0.5) is 11.6 Å². The highest BCUT2D eigenvalue weighted by Crippen LogP contribution is 2.20. The molecule has 1 fully saturated rings. The van der Waals surface area contributed by atoms with Crippen molar-refractivity contribution in [2.24, 2.45) is 0 Å². The van der Waals surface area contributed by atoms with Crippen LogP contribution in [0.5, 0.6) is 0 Å². The van der Waals surface area contributed by atoms with Crippen molar-refractivity contribution >= 4 is 11.6 Å². The maximum atomic E-state index is 5.93. The van der Waals surface area contributed by atoms with Crippen molar-refractivity contribution in [2.75, 3.05) is 23.7 Å². The first-order valence-electron chi connectivity index (χ1n) is 7.15. The van der Waals surface area contributed by atoms with E-state index in [1.54, 1.807) is 18.6 Å². The van der Waals surface area contributed by atoms with Crippen LogP contribution < -0.4 is 10.6 Å². The molecule has 3 rings (SSSR count). The summed E-state index contributed by atoms with van der Waals surface area (Å²) in [7, 11) is 0. The number of anilines is 2. The molecular weight excluding hydrogens is 266 g/mol. The van der Waals surface area contributed by atoms with Crippen LogP contribution in [-0.4, -0.2) is 34.1 Å². The van der Waals surface area contributed by atoms with Crippen molar-refractivity contribution in [1.29, 1.82) is 0 Å². The first kappa shape index (κ1) is 13.8. The summed E-state index contributed by atoms with van der Waals surface area (Å²) in [4.78, 5) is 14.9. The quantitative estimate of drug-likeness (QED) is 0.920. The number of hydrogen-bond acceptors (Lipinski definition) is 6. The summed E-state index contributed by atoms with van der Waals surface area (Å²) in [5, 5.41) is 0. The smallest absolute Gasteiger partial charge is 0.149 e. The Labute approximate surface area is 124 Å². The van der Waals surface area contributed by atoms with Crippen molar-refractivity contribution in [2.45, 2.75) is 25.6 Å². The van der Waals surface area contributed by atoms with E-state index in [4.69, 9.17) is 10.5 Å². The van der Waals surface area contributed by atoms with Gasteiger partial charge in [0.05, 0.1) is 30.8 Å². The lowest BCUT2D eigenvalue weighted by Gasteiger charge is -2.32. The van der Waals surface area contributed by atoms with Crippen molar-refractivity contribution in [3.05, 3.63) is 42.5 Å². The Morgan fingerprint density at radius 2 is 2.10 bits per heavy atom. The number of piperidine rings is 1. The summed E-state index contributed by atoms with van der Waals surface area (Å²) >= 11 is 0. The van der Waals surface area contributed by atoms with E-state index in [0.29, 0.717) is 12.4 Å². The van der Waals surface area contributed by atoms with Gasteiger partial charge in [-0.05, 0) is 25.0 Å². The Balaban J connectivity index is 1.49. The Morgan fingerprint density at radius 1 is 1.24 bits per heavy atom. The van der Waals surface area contributed by atoms with Gasteiger partial charge in [-0.3, -0.25) is 9.97 Å². The predicted molar refractivity (Wildman–Crippen MR) is 80.7 cm³/mol. The molecule has 0 aromatic carbocycles. The lowest BCUT2D eigenvalue weighted by atomic mass is 10.1. The molecule has 21 heavy (non-hydrogen) atoms. The van der Waals surface area contributed by atoms with E-state index in [2.05, 4.69) is 19.9 Å². The molecule has 0 saturated carbocycles. The monoisotopic (exact) mass is 285 g/mol. The fourth-order valence-electron chi connectivity index (χ4n) is 2.46. The zero-order valence-corrected chi connectivity index (χ0v) is 11.9. The first-order chi connectivity index (χ1) is 10.3. The van der Waals surface area contributed by atoms with E-state index in [-0.39, 0.29) is 6.10 Å². The van der Waals surface area contributed by atoms with Crippen molar-refractivity contribution < 1.29 is 4.74 Å². The number of aromatic nitrogens is 3. The van der Waals surface area contributed by atoms with Gasteiger partial charge >= 0.3 is 0 Å². The summed E-state index contributed by atoms with van der Waals surface area (Å²) in [6.45, 7) is 2.39. The number of nitrogens with two attached hydrogens (primary N) is 1. The summed E-state index contributed by atoms with van der Waals surface area (Å²) in [6.07, 6.45) is 7.33. The second kappa shape index (κ2) is 6.49. The topological polar surface area (TPSA) is 77.2 Å². The van der Waals surface area contributed by atoms with Crippen LogP contribution in [0.25, 0.3) is 0 Å². The highest BCUT2D eigenvalue weighted by atomic mass is 16.5. The van der Waals surface area contributed by atoms with Gasteiger partial charge in [0.2, 0.25) is 0 Å². The lowest BCUT2D eigenvalue weighted by molar-refractivity contribution is 0.0234. The molecule has 0 atom stereocenters. The number of nitrogens with zero attached hydrogens (tertiary/aromatic N) is 4. The fourth-order valence-corrected chi connectivity index (χ4v) is 2.46. The third-order valence-corrected chi connectivity index (χ3v) is 3.60. The fraction of sp³-hybridized carbons (Fsp3) is 0.400. The Morgan fingerprint density at radius 3 is 2.81 bits per heavy atom. The number of pyridine rings is 1. The molecule has 0 aliphatic carbocycles. The average Bonchev–Trinajstić information content (AvgIpc) is 2.54. The minimum Gasteiger partial charge on any atom is -0.382 e. The highest BCUT2D eigenvalue weighted by molar-refractivity contribution is 5.41. The minimum atomic E-state index is 0.275.